The number of aliphatic imine (C=N–C) groups is 1. The van der Waals surface area contributed by atoms with Crippen LogP contribution in [0.15, 0.2) is 4.99 Å². The van der Waals surface area contributed by atoms with E-state index >= 15 is 0 Å². The van der Waals surface area contributed by atoms with Gasteiger partial charge in [0.1, 0.15) is 0 Å². The zero-order valence-electron chi connectivity index (χ0n) is 11.6. The number of nitrogens with one attached hydrogen (secondary N) is 2. The van der Waals surface area contributed by atoms with Crippen molar-refractivity contribution < 1.29 is 0 Å². The molecule has 1 heterocycles. The summed E-state index contributed by atoms with van der Waals surface area (Å²) in [6.07, 6.45) is 4.09. The first-order chi connectivity index (χ1) is 8.31. The van der Waals surface area contributed by atoms with Crippen molar-refractivity contribution in [1.82, 2.24) is 15.5 Å². The highest BCUT2D eigenvalue weighted by Crippen LogP contribution is 2.27. The first-order valence-corrected chi connectivity index (χ1v) is 6.98. The third kappa shape index (κ3) is 5.30. The Bertz CT molecular complexity index is 266. The van der Waals surface area contributed by atoms with Gasteiger partial charge in [-0.2, -0.15) is 0 Å². The van der Waals surface area contributed by atoms with Gasteiger partial charge in [0.2, 0.25) is 0 Å². The molecule has 0 spiro atoms. The second kappa shape index (κ2) is 8.19. The zero-order valence-corrected chi connectivity index (χ0v) is 13.9. The summed E-state index contributed by atoms with van der Waals surface area (Å²) in [5, 5.41) is 6.86. The molecule has 1 atom stereocenters. The second-order valence-electron chi connectivity index (χ2n) is 5.33. The van der Waals surface area contributed by atoms with Crippen molar-refractivity contribution in [2.24, 2.45) is 16.8 Å². The summed E-state index contributed by atoms with van der Waals surface area (Å²) < 4.78 is 0. The molecule has 1 aliphatic heterocycles. The van der Waals surface area contributed by atoms with Crippen LogP contribution in [0.5, 0.6) is 0 Å². The molecule has 0 radical (unpaired) electrons. The van der Waals surface area contributed by atoms with Crippen LogP contribution < -0.4 is 10.6 Å². The van der Waals surface area contributed by atoms with Crippen molar-refractivity contribution >= 4 is 29.9 Å². The van der Waals surface area contributed by atoms with E-state index in [9.17, 15) is 0 Å². The van der Waals surface area contributed by atoms with Crippen LogP contribution in [-0.4, -0.2) is 50.6 Å². The smallest absolute Gasteiger partial charge is 0.190 e. The van der Waals surface area contributed by atoms with Crippen LogP contribution in [-0.2, 0) is 0 Å². The fraction of sp³-hybridized carbons (Fsp3) is 0.923. The molecule has 1 unspecified atom stereocenters. The van der Waals surface area contributed by atoms with Crippen molar-refractivity contribution in [1.29, 1.82) is 0 Å². The predicted molar refractivity (Wildman–Crippen MR) is 87.7 cm³/mol. The quantitative estimate of drug-likeness (QED) is 0.440. The summed E-state index contributed by atoms with van der Waals surface area (Å²) in [6, 6.07) is 0. The Morgan fingerprint density at radius 3 is 2.33 bits per heavy atom. The van der Waals surface area contributed by atoms with Gasteiger partial charge in [-0.05, 0) is 44.2 Å². The molecule has 1 saturated carbocycles. The van der Waals surface area contributed by atoms with Crippen molar-refractivity contribution in [2.45, 2.75) is 26.2 Å². The van der Waals surface area contributed by atoms with Crippen LogP contribution in [0, 0.1) is 11.8 Å². The molecule has 2 fully saturated rings. The van der Waals surface area contributed by atoms with E-state index in [2.05, 4.69) is 27.4 Å². The summed E-state index contributed by atoms with van der Waals surface area (Å²) in [5.74, 6) is 2.66. The number of hydrogen-bond acceptors (Lipinski definition) is 2. The summed E-state index contributed by atoms with van der Waals surface area (Å²) in [4.78, 5) is 6.79. The van der Waals surface area contributed by atoms with Crippen molar-refractivity contribution in [3.05, 3.63) is 0 Å². The van der Waals surface area contributed by atoms with Gasteiger partial charge >= 0.3 is 0 Å². The number of likely N-dealkylation sites (tertiary alicyclic amines) is 1. The second-order valence-corrected chi connectivity index (χ2v) is 5.33. The normalized spacial score (nSPS) is 24.8. The highest BCUT2D eigenvalue weighted by atomic mass is 127. The van der Waals surface area contributed by atoms with Crippen LogP contribution in [0.4, 0.5) is 0 Å². The molecule has 1 aliphatic carbocycles. The molecule has 2 aliphatic rings. The lowest BCUT2D eigenvalue weighted by atomic mass is 10.1. The minimum Gasteiger partial charge on any atom is -0.356 e. The SMILES string of the molecule is CCN1CCC(CNC(=NC)NCC2CC2)C1.I. The van der Waals surface area contributed by atoms with E-state index in [4.69, 9.17) is 0 Å². The predicted octanol–water partition coefficient (Wildman–Crippen LogP) is 1.52. The summed E-state index contributed by atoms with van der Waals surface area (Å²) in [7, 11) is 1.86. The van der Waals surface area contributed by atoms with Gasteiger partial charge in [-0.1, -0.05) is 6.92 Å². The molecular formula is C13H27IN4. The van der Waals surface area contributed by atoms with Crippen molar-refractivity contribution in [3.8, 4) is 0 Å². The maximum Gasteiger partial charge on any atom is 0.190 e. The summed E-state index contributed by atoms with van der Waals surface area (Å²) >= 11 is 0. The van der Waals surface area contributed by atoms with E-state index in [1.807, 2.05) is 7.05 Å². The molecule has 2 rings (SSSR count). The van der Waals surface area contributed by atoms with E-state index in [0.717, 1.165) is 30.9 Å². The molecule has 1 saturated heterocycles. The third-order valence-corrected chi connectivity index (χ3v) is 3.85. The molecule has 0 aromatic carbocycles. The number of rotatable bonds is 5. The van der Waals surface area contributed by atoms with Crippen LogP contribution in [0.2, 0.25) is 0 Å². The van der Waals surface area contributed by atoms with Crippen LogP contribution in [0.25, 0.3) is 0 Å². The number of guanidine groups is 1. The average Bonchev–Trinajstić information content (AvgIpc) is 3.07. The van der Waals surface area contributed by atoms with E-state index < -0.39 is 0 Å². The Hall–Kier alpha value is -0.0400. The van der Waals surface area contributed by atoms with Crippen LogP contribution in [0.1, 0.15) is 26.2 Å². The minimum absolute atomic E-state index is 0. The van der Waals surface area contributed by atoms with Gasteiger partial charge in [-0.3, -0.25) is 4.99 Å². The molecule has 0 bridgehead atoms. The molecule has 4 nitrogen and oxygen atoms in total. The number of hydrogen-bond donors (Lipinski definition) is 2. The lowest BCUT2D eigenvalue weighted by molar-refractivity contribution is 0.342. The van der Waals surface area contributed by atoms with E-state index in [1.165, 1.54) is 38.9 Å². The Morgan fingerprint density at radius 2 is 1.83 bits per heavy atom. The largest absolute Gasteiger partial charge is 0.356 e. The molecule has 0 aromatic heterocycles. The van der Waals surface area contributed by atoms with E-state index in [1.54, 1.807) is 0 Å². The highest BCUT2D eigenvalue weighted by molar-refractivity contribution is 14.0. The first kappa shape index (κ1) is 16.0. The van der Waals surface area contributed by atoms with Gasteiger partial charge in [-0.15, -0.1) is 24.0 Å². The molecule has 0 aromatic rings. The number of halogens is 1. The first-order valence-electron chi connectivity index (χ1n) is 6.98. The van der Waals surface area contributed by atoms with Gasteiger partial charge in [0, 0.05) is 26.7 Å². The Kier molecular flexibility index (Phi) is 7.29. The molecule has 18 heavy (non-hydrogen) atoms. The molecule has 0 amide bonds. The van der Waals surface area contributed by atoms with Crippen LogP contribution >= 0.6 is 24.0 Å². The Labute approximate surface area is 128 Å². The fourth-order valence-corrected chi connectivity index (χ4v) is 2.39. The fourth-order valence-electron chi connectivity index (χ4n) is 2.39. The van der Waals surface area contributed by atoms with Gasteiger partial charge in [-0.25, -0.2) is 0 Å². The summed E-state index contributed by atoms with van der Waals surface area (Å²) in [6.45, 7) is 8.07. The van der Waals surface area contributed by atoms with Crippen molar-refractivity contribution in [2.75, 3.05) is 39.8 Å². The molecular weight excluding hydrogens is 339 g/mol. The maximum absolute atomic E-state index is 4.27. The summed E-state index contributed by atoms with van der Waals surface area (Å²) in [5.41, 5.74) is 0. The average molecular weight is 366 g/mol. The molecule has 2 N–H and O–H groups in total. The lowest BCUT2D eigenvalue weighted by Gasteiger charge is -2.16. The van der Waals surface area contributed by atoms with Crippen molar-refractivity contribution in [3.63, 3.8) is 0 Å². The molecule has 5 heteroatoms. The van der Waals surface area contributed by atoms with Crippen LogP contribution in [0.3, 0.4) is 0 Å². The Morgan fingerprint density at radius 1 is 1.17 bits per heavy atom. The monoisotopic (exact) mass is 366 g/mol. The molecule has 106 valence electrons. The van der Waals surface area contributed by atoms with Gasteiger partial charge in [0.05, 0.1) is 0 Å². The topological polar surface area (TPSA) is 39.7 Å². The minimum atomic E-state index is 0. The maximum atomic E-state index is 4.27. The standard InChI is InChI=1S/C13H26N4.HI/c1-3-17-7-6-12(10-17)9-16-13(14-2)15-8-11-4-5-11;/h11-12H,3-10H2,1-2H3,(H2,14,15,16);1H. The van der Waals surface area contributed by atoms with E-state index in [-0.39, 0.29) is 24.0 Å². The van der Waals surface area contributed by atoms with E-state index in [0.29, 0.717) is 0 Å². The lowest BCUT2D eigenvalue weighted by Crippen LogP contribution is -2.41. The van der Waals surface area contributed by atoms with Gasteiger partial charge < -0.3 is 15.5 Å². The van der Waals surface area contributed by atoms with Gasteiger partial charge in [0.15, 0.2) is 5.96 Å². The number of nitrogens with zero attached hydrogens (tertiary/aromatic N) is 2. The van der Waals surface area contributed by atoms with Gasteiger partial charge in [0.25, 0.3) is 0 Å². The Balaban J connectivity index is 0.00000162. The zero-order chi connectivity index (χ0) is 12.1. The third-order valence-electron chi connectivity index (χ3n) is 3.85. The highest BCUT2D eigenvalue weighted by Gasteiger charge is 2.22.